The summed E-state index contributed by atoms with van der Waals surface area (Å²) < 4.78 is 60.7. The lowest BCUT2D eigenvalue weighted by Crippen LogP contribution is -2.25. The molecule has 0 heterocycles. The highest BCUT2D eigenvalue weighted by Crippen LogP contribution is 2.45. The van der Waals surface area contributed by atoms with E-state index in [2.05, 4.69) is 6.92 Å². The van der Waals surface area contributed by atoms with E-state index in [9.17, 15) is 17.6 Å². The maximum Gasteiger partial charge on any atom is 0.200 e. The maximum atomic E-state index is 14.4. The molecule has 0 aliphatic heterocycles. The van der Waals surface area contributed by atoms with Crippen molar-refractivity contribution in [3.8, 4) is 5.75 Å². The van der Waals surface area contributed by atoms with Gasteiger partial charge in [0, 0.05) is 0 Å². The molecule has 4 rings (SSSR count). The summed E-state index contributed by atoms with van der Waals surface area (Å²) in [5.74, 6) is -1.42. The standard InChI is InChI=1S/C28H34F4O/c1-2-3-18-4-7-20(8-5-18)21-9-11-22(12-10-21)23-15-26(31)28(32)27(16-23)33-17-19-6-13-24(29)25(30)14-19/h6,13-16,18,20-22H,2-5,7-12,17H2,1H3. The van der Waals surface area contributed by atoms with Crippen LogP contribution in [0.25, 0.3) is 0 Å². The minimum Gasteiger partial charge on any atom is -0.486 e. The molecule has 0 N–H and O–H groups in total. The molecule has 2 fully saturated rings. The van der Waals surface area contributed by atoms with E-state index in [1.807, 2.05) is 0 Å². The van der Waals surface area contributed by atoms with Gasteiger partial charge in [0.05, 0.1) is 0 Å². The Morgan fingerprint density at radius 3 is 2.06 bits per heavy atom. The molecule has 0 bridgehead atoms. The van der Waals surface area contributed by atoms with Crippen molar-refractivity contribution in [3.05, 3.63) is 64.7 Å². The molecule has 0 aromatic heterocycles. The van der Waals surface area contributed by atoms with Gasteiger partial charge in [0.1, 0.15) is 6.61 Å². The first kappa shape index (κ1) is 24.1. The molecule has 2 saturated carbocycles. The van der Waals surface area contributed by atoms with E-state index in [-0.39, 0.29) is 18.3 Å². The van der Waals surface area contributed by atoms with Crippen molar-refractivity contribution >= 4 is 0 Å². The van der Waals surface area contributed by atoms with Crippen LogP contribution in [-0.4, -0.2) is 0 Å². The molecular formula is C28H34F4O. The van der Waals surface area contributed by atoms with Gasteiger partial charge in [-0.1, -0.05) is 38.7 Å². The van der Waals surface area contributed by atoms with Crippen LogP contribution < -0.4 is 4.74 Å². The molecule has 33 heavy (non-hydrogen) atoms. The lowest BCUT2D eigenvalue weighted by atomic mass is 9.68. The molecule has 1 nitrogen and oxygen atoms in total. The summed E-state index contributed by atoms with van der Waals surface area (Å²) in [5, 5.41) is 0. The Labute approximate surface area is 194 Å². The summed E-state index contributed by atoms with van der Waals surface area (Å²) in [7, 11) is 0. The van der Waals surface area contributed by atoms with E-state index in [4.69, 9.17) is 4.74 Å². The van der Waals surface area contributed by atoms with Crippen LogP contribution in [0.1, 0.15) is 88.2 Å². The molecule has 0 amide bonds. The lowest BCUT2D eigenvalue weighted by molar-refractivity contribution is 0.156. The molecule has 0 saturated heterocycles. The molecule has 2 aliphatic rings. The van der Waals surface area contributed by atoms with Crippen LogP contribution in [0.15, 0.2) is 30.3 Å². The second kappa shape index (κ2) is 10.9. The highest BCUT2D eigenvalue weighted by Gasteiger charge is 2.31. The molecule has 0 unspecified atom stereocenters. The van der Waals surface area contributed by atoms with Crippen LogP contribution >= 0.6 is 0 Å². The second-order valence-corrected chi connectivity index (χ2v) is 10.0. The van der Waals surface area contributed by atoms with Crippen LogP contribution in [0, 0.1) is 41.0 Å². The third-order valence-corrected chi connectivity index (χ3v) is 7.89. The average Bonchev–Trinajstić information content (AvgIpc) is 2.83. The molecule has 2 aliphatic carbocycles. The van der Waals surface area contributed by atoms with Crippen molar-refractivity contribution in [1.29, 1.82) is 0 Å². The average molecular weight is 463 g/mol. The number of hydrogen-bond acceptors (Lipinski definition) is 1. The van der Waals surface area contributed by atoms with Crippen LogP contribution in [-0.2, 0) is 6.61 Å². The van der Waals surface area contributed by atoms with Crippen molar-refractivity contribution in [2.75, 3.05) is 0 Å². The van der Waals surface area contributed by atoms with Gasteiger partial charge < -0.3 is 4.74 Å². The molecule has 0 atom stereocenters. The van der Waals surface area contributed by atoms with Gasteiger partial charge in [-0.15, -0.1) is 0 Å². The van der Waals surface area contributed by atoms with Gasteiger partial charge in [-0.3, -0.25) is 0 Å². The zero-order valence-electron chi connectivity index (χ0n) is 19.4. The van der Waals surface area contributed by atoms with E-state index in [1.54, 1.807) is 6.07 Å². The first-order chi connectivity index (χ1) is 15.9. The molecule has 2 aromatic rings. The SMILES string of the molecule is CCCC1CCC(C2CCC(c3cc(F)c(F)c(OCc4ccc(F)c(F)c4)c3)CC2)CC1. The number of benzene rings is 2. The van der Waals surface area contributed by atoms with Crippen molar-refractivity contribution in [2.45, 2.75) is 83.7 Å². The van der Waals surface area contributed by atoms with Crippen LogP contribution in [0.3, 0.4) is 0 Å². The Bertz CT molecular complexity index is 928. The van der Waals surface area contributed by atoms with Crippen LogP contribution in [0.5, 0.6) is 5.75 Å². The molecular weight excluding hydrogens is 428 g/mol. The fourth-order valence-corrected chi connectivity index (χ4v) is 6.00. The van der Waals surface area contributed by atoms with E-state index in [1.165, 1.54) is 50.7 Å². The normalized spacial score (nSPS) is 25.7. The Balaban J connectivity index is 1.35. The summed E-state index contributed by atoms with van der Waals surface area (Å²) in [6, 6.07) is 6.24. The van der Waals surface area contributed by atoms with E-state index in [0.717, 1.165) is 61.1 Å². The first-order valence-corrected chi connectivity index (χ1v) is 12.5. The van der Waals surface area contributed by atoms with Crippen molar-refractivity contribution in [1.82, 2.24) is 0 Å². The zero-order valence-corrected chi connectivity index (χ0v) is 19.4. The predicted molar refractivity (Wildman–Crippen MR) is 122 cm³/mol. The zero-order chi connectivity index (χ0) is 23.4. The minimum absolute atomic E-state index is 0.162. The van der Waals surface area contributed by atoms with Gasteiger partial charge in [0.2, 0.25) is 5.82 Å². The minimum atomic E-state index is -1.04. The van der Waals surface area contributed by atoms with Crippen molar-refractivity contribution in [3.63, 3.8) is 0 Å². The van der Waals surface area contributed by atoms with Crippen LogP contribution in [0.2, 0.25) is 0 Å². The third-order valence-electron chi connectivity index (χ3n) is 7.89. The third kappa shape index (κ3) is 5.91. The molecule has 2 aromatic carbocycles. The van der Waals surface area contributed by atoms with Gasteiger partial charge in [0.15, 0.2) is 23.2 Å². The number of halogens is 4. The first-order valence-electron chi connectivity index (χ1n) is 12.5. The van der Waals surface area contributed by atoms with Crippen LogP contribution in [0.4, 0.5) is 17.6 Å². The summed E-state index contributed by atoms with van der Waals surface area (Å²) in [6.07, 6.45) is 12.3. The molecule has 0 spiro atoms. The highest BCUT2D eigenvalue weighted by atomic mass is 19.2. The summed E-state index contributed by atoms with van der Waals surface area (Å²) in [5.41, 5.74) is 1.12. The lowest BCUT2D eigenvalue weighted by Gasteiger charge is -2.38. The fourth-order valence-electron chi connectivity index (χ4n) is 6.00. The van der Waals surface area contributed by atoms with Gasteiger partial charge in [-0.2, -0.15) is 4.39 Å². The van der Waals surface area contributed by atoms with Gasteiger partial charge in [-0.25, -0.2) is 13.2 Å². The van der Waals surface area contributed by atoms with Gasteiger partial charge in [0.25, 0.3) is 0 Å². The Kier molecular flexibility index (Phi) is 7.98. The largest absolute Gasteiger partial charge is 0.486 e. The second-order valence-electron chi connectivity index (χ2n) is 10.0. The Hall–Kier alpha value is -2.04. The maximum absolute atomic E-state index is 14.4. The van der Waals surface area contributed by atoms with E-state index in [0.29, 0.717) is 5.56 Å². The van der Waals surface area contributed by atoms with Crippen molar-refractivity contribution in [2.24, 2.45) is 17.8 Å². The fraction of sp³-hybridized carbons (Fsp3) is 0.571. The summed E-state index contributed by atoms with van der Waals surface area (Å²) in [4.78, 5) is 0. The molecule has 180 valence electrons. The summed E-state index contributed by atoms with van der Waals surface area (Å²) in [6.45, 7) is 2.11. The summed E-state index contributed by atoms with van der Waals surface area (Å²) >= 11 is 0. The smallest absolute Gasteiger partial charge is 0.200 e. The van der Waals surface area contributed by atoms with Gasteiger partial charge in [-0.05, 0) is 97.6 Å². The Morgan fingerprint density at radius 1 is 0.758 bits per heavy atom. The van der Waals surface area contributed by atoms with Gasteiger partial charge >= 0.3 is 0 Å². The Morgan fingerprint density at radius 2 is 1.42 bits per heavy atom. The monoisotopic (exact) mass is 462 g/mol. The topological polar surface area (TPSA) is 9.23 Å². The van der Waals surface area contributed by atoms with E-state index < -0.39 is 23.3 Å². The number of ether oxygens (including phenoxy) is 1. The quantitative estimate of drug-likeness (QED) is 0.374. The van der Waals surface area contributed by atoms with Crippen molar-refractivity contribution < 1.29 is 22.3 Å². The number of hydrogen-bond donors (Lipinski definition) is 0. The number of rotatable bonds is 7. The molecule has 5 heteroatoms. The highest BCUT2D eigenvalue weighted by molar-refractivity contribution is 5.34. The molecule has 0 radical (unpaired) electrons. The van der Waals surface area contributed by atoms with E-state index >= 15 is 0 Å². The predicted octanol–water partition coefficient (Wildman–Crippen LogP) is 8.70.